The Bertz CT molecular complexity index is 472. The van der Waals surface area contributed by atoms with Gasteiger partial charge in [-0.05, 0) is 24.1 Å². The van der Waals surface area contributed by atoms with Gasteiger partial charge in [-0.1, -0.05) is 32.4 Å². The van der Waals surface area contributed by atoms with Crippen LogP contribution in [0.25, 0.3) is 0 Å². The number of benzene rings is 1. The first-order chi connectivity index (χ1) is 8.49. The van der Waals surface area contributed by atoms with Crippen molar-refractivity contribution in [1.82, 2.24) is 4.31 Å². The van der Waals surface area contributed by atoms with E-state index in [9.17, 15) is 8.42 Å². The molecule has 1 aromatic rings. The van der Waals surface area contributed by atoms with E-state index in [2.05, 4.69) is 0 Å². The minimum atomic E-state index is -3.15. The lowest BCUT2D eigenvalue weighted by Gasteiger charge is -2.20. The van der Waals surface area contributed by atoms with Gasteiger partial charge in [0.2, 0.25) is 10.0 Å². The molecule has 1 aromatic carbocycles. The molecule has 18 heavy (non-hydrogen) atoms. The second kappa shape index (κ2) is 6.75. The zero-order chi connectivity index (χ0) is 13.6. The zero-order valence-electron chi connectivity index (χ0n) is 11.1. The Balaban J connectivity index is 2.78. The first-order valence-corrected chi connectivity index (χ1v) is 7.92. The predicted molar refractivity (Wildman–Crippen MR) is 75.6 cm³/mol. The van der Waals surface area contributed by atoms with Crippen LogP contribution in [0, 0.1) is 0 Å². The summed E-state index contributed by atoms with van der Waals surface area (Å²) in [6.07, 6.45) is 1.59. The van der Waals surface area contributed by atoms with Crippen molar-refractivity contribution in [3.8, 4) is 0 Å². The number of hydrogen-bond donors (Lipinski definition) is 1. The van der Waals surface area contributed by atoms with Gasteiger partial charge < -0.3 is 5.73 Å². The van der Waals surface area contributed by atoms with Crippen LogP contribution in [-0.4, -0.2) is 25.0 Å². The van der Waals surface area contributed by atoms with E-state index in [4.69, 9.17) is 5.73 Å². The Morgan fingerprint density at radius 2 is 2.00 bits per heavy atom. The minimum Gasteiger partial charge on any atom is -0.399 e. The van der Waals surface area contributed by atoms with Crippen LogP contribution < -0.4 is 5.73 Å². The molecule has 5 heteroatoms. The normalized spacial score (nSPS) is 11.9. The van der Waals surface area contributed by atoms with E-state index in [0.29, 0.717) is 25.2 Å². The van der Waals surface area contributed by atoms with Gasteiger partial charge in [0.05, 0.1) is 5.75 Å². The SMILES string of the molecule is CCCCS(=O)(=O)N(CC)Cc1cccc(N)c1. The summed E-state index contributed by atoms with van der Waals surface area (Å²) in [4.78, 5) is 0. The van der Waals surface area contributed by atoms with E-state index in [-0.39, 0.29) is 5.75 Å². The maximum atomic E-state index is 12.1. The van der Waals surface area contributed by atoms with Crippen molar-refractivity contribution in [3.63, 3.8) is 0 Å². The number of sulfonamides is 1. The highest BCUT2D eigenvalue weighted by molar-refractivity contribution is 7.89. The average molecular weight is 270 g/mol. The van der Waals surface area contributed by atoms with Crippen LogP contribution in [0.1, 0.15) is 32.3 Å². The van der Waals surface area contributed by atoms with Crippen LogP contribution in [0.15, 0.2) is 24.3 Å². The van der Waals surface area contributed by atoms with Crippen molar-refractivity contribution in [3.05, 3.63) is 29.8 Å². The third-order valence-corrected chi connectivity index (χ3v) is 4.79. The molecule has 0 aliphatic heterocycles. The minimum absolute atomic E-state index is 0.222. The highest BCUT2D eigenvalue weighted by Crippen LogP contribution is 2.13. The van der Waals surface area contributed by atoms with Gasteiger partial charge >= 0.3 is 0 Å². The smallest absolute Gasteiger partial charge is 0.214 e. The van der Waals surface area contributed by atoms with Crippen LogP contribution in [-0.2, 0) is 16.6 Å². The molecule has 0 atom stereocenters. The van der Waals surface area contributed by atoms with Crippen molar-refractivity contribution >= 4 is 15.7 Å². The second-order valence-electron chi connectivity index (χ2n) is 4.34. The van der Waals surface area contributed by atoms with E-state index in [1.165, 1.54) is 4.31 Å². The molecule has 0 amide bonds. The number of unbranched alkanes of at least 4 members (excludes halogenated alkanes) is 1. The van der Waals surface area contributed by atoms with Crippen molar-refractivity contribution < 1.29 is 8.42 Å². The summed E-state index contributed by atoms with van der Waals surface area (Å²) >= 11 is 0. The molecule has 0 bridgehead atoms. The molecule has 0 saturated carbocycles. The third kappa shape index (κ3) is 4.31. The lowest BCUT2D eigenvalue weighted by atomic mass is 10.2. The van der Waals surface area contributed by atoms with Gasteiger partial charge in [-0.25, -0.2) is 8.42 Å². The zero-order valence-corrected chi connectivity index (χ0v) is 11.9. The monoisotopic (exact) mass is 270 g/mol. The summed E-state index contributed by atoms with van der Waals surface area (Å²) < 4.78 is 25.7. The highest BCUT2D eigenvalue weighted by Gasteiger charge is 2.19. The van der Waals surface area contributed by atoms with Gasteiger partial charge in [0.25, 0.3) is 0 Å². The summed E-state index contributed by atoms with van der Waals surface area (Å²) in [5.74, 6) is 0.222. The molecule has 0 saturated heterocycles. The molecule has 0 aliphatic rings. The number of nitrogens with zero attached hydrogens (tertiary/aromatic N) is 1. The third-order valence-electron chi connectivity index (χ3n) is 2.81. The van der Waals surface area contributed by atoms with Gasteiger partial charge in [0, 0.05) is 18.8 Å². The topological polar surface area (TPSA) is 63.4 Å². The number of anilines is 1. The van der Waals surface area contributed by atoms with Crippen molar-refractivity contribution in [2.45, 2.75) is 33.2 Å². The van der Waals surface area contributed by atoms with E-state index in [1.54, 1.807) is 6.07 Å². The molecule has 0 unspecified atom stereocenters. The molecule has 1 rings (SSSR count). The summed E-state index contributed by atoms with van der Waals surface area (Å²) in [6, 6.07) is 7.36. The fourth-order valence-electron chi connectivity index (χ4n) is 1.76. The van der Waals surface area contributed by atoms with E-state index >= 15 is 0 Å². The Labute approximate surface area is 110 Å². The summed E-state index contributed by atoms with van der Waals surface area (Å²) in [5, 5.41) is 0. The van der Waals surface area contributed by atoms with Crippen LogP contribution in [0.2, 0.25) is 0 Å². The fraction of sp³-hybridized carbons (Fsp3) is 0.538. The van der Waals surface area contributed by atoms with Crippen molar-refractivity contribution in [2.75, 3.05) is 18.0 Å². The maximum absolute atomic E-state index is 12.1. The molecule has 0 aliphatic carbocycles. The number of nitrogens with two attached hydrogens (primary N) is 1. The van der Waals surface area contributed by atoms with Crippen LogP contribution in [0.3, 0.4) is 0 Å². The molecule has 2 N–H and O–H groups in total. The van der Waals surface area contributed by atoms with Crippen LogP contribution in [0.5, 0.6) is 0 Å². The highest BCUT2D eigenvalue weighted by atomic mass is 32.2. The van der Waals surface area contributed by atoms with Gasteiger partial charge in [-0.2, -0.15) is 4.31 Å². The van der Waals surface area contributed by atoms with Gasteiger partial charge in [-0.15, -0.1) is 0 Å². The lowest BCUT2D eigenvalue weighted by Crippen LogP contribution is -2.32. The van der Waals surface area contributed by atoms with E-state index in [1.807, 2.05) is 32.0 Å². The van der Waals surface area contributed by atoms with Gasteiger partial charge in [0.1, 0.15) is 0 Å². The van der Waals surface area contributed by atoms with Gasteiger partial charge in [0.15, 0.2) is 0 Å². The predicted octanol–water partition coefficient (Wildman–Crippen LogP) is 2.22. The summed E-state index contributed by atoms with van der Waals surface area (Å²) in [5.41, 5.74) is 7.29. The van der Waals surface area contributed by atoms with Crippen LogP contribution >= 0.6 is 0 Å². The van der Waals surface area contributed by atoms with Crippen LogP contribution in [0.4, 0.5) is 5.69 Å². The lowest BCUT2D eigenvalue weighted by molar-refractivity contribution is 0.422. The fourth-order valence-corrected chi connectivity index (χ4v) is 3.41. The Kier molecular flexibility index (Phi) is 5.62. The Hall–Kier alpha value is -1.07. The molecule has 4 nitrogen and oxygen atoms in total. The molecule has 0 fully saturated rings. The maximum Gasteiger partial charge on any atom is 0.214 e. The molecule has 0 heterocycles. The molecule has 102 valence electrons. The van der Waals surface area contributed by atoms with Crippen molar-refractivity contribution in [1.29, 1.82) is 0 Å². The van der Waals surface area contributed by atoms with E-state index < -0.39 is 10.0 Å². The Morgan fingerprint density at radius 3 is 2.56 bits per heavy atom. The Morgan fingerprint density at radius 1 is 1.28 bits per heavy atom. The quantitative estimate of drug-likeness (QED) is 0.773. The summed E-state index contributed by atoms with van der Waals surface area (Å²) in [6.45, 7) is 4.73. The number of hydrogen-bond acceptors (Lipinski definition) is 3. The number of rotatable bonds is 7. The van der Waals surface area contributed by atoms with Gasteiger partial charge in [-0.3, -0.25) is 0 Å². The molecule has 0 aromatic heterocycles. The second-order valence-corrected chi connectivity index (χ2v) is 6.43. The molecular formula is C13H22N2O2S. The van der Waals surface area contributed by atoms with Crippen molar-refractivity contribution in [2.24, 2.45) is 0 Å². The standard InChI is InChI=1S/C13H22N2O2S/c1-3-5-9-18(16,17)15(4-2)11-12-7-6-8-13(14)10-12/h6-8,10H,3-5,9,11,14H2,1-2H3. The molecule has 0 radical (unpaired) electrons. The summed E-state index contributed by atoms with van der Waals surface area (Å²) in [7, 11) is -3.15. The first-order valence-electron chi connectivity index (χ1n) is 6.31. The molecular weight excluding hydrogens is 248 g/mol. The number of nitrogen functional groups attached to an aromatic ring is 1. The average Bonchev–Trinajstić information content (AvgIpc) is 2.33. The largest absolute Gasteiger partial charge is 0.399 e. The first kappa shape index (κ1) is 15.0. The van der Waals surface area contributed by atoms with E-state index in [0.717, 1.165) is 12.0 Å². The molecule has 0 spiro atoms.